The van der Waals surface area contributed by atoms with Crippen LogP contribution in [0.4, 0.5) is 16.2 Å². The van der Waals surface area contributed by atoms with Crippen LogP contribution in [-0.4, -0.2) is 36.1 Å². The highest BCUT2D eigenvalue weighted by molar-refractivity contribution is 5.96. The van der Waals surface area contributed by atoms with Gasteiger partial charge in [0, 0.05) is 42.8 Å². The zero-order valence-corrected chi connectivity index (χ0v) is 16.0. The molecule has 7 heteroatoms. The van der Waals surface area contributed by atoms with Crippen molar-refractivity contribution in [1.29, 1.82) is 0 Å². The molecule has 0 spiro atoms. The first-order valence-electron chi connectivity index (χ1n) is 9.06. The number of hydrogen-bond acceptors (Lipinski definition) is 4. The number of rotatable bonds is 8. The summed E-state index contributed by atoms with van der Waals surface area (Å²) in [6.45, 7) is 6.98. The summed E-state index contributed by atoms with van der Waals surface area (Å²) in [5.41, 5.74) is 3.05. The Morgan fingerprint density at radius 1 is 1.15 bits per heavy atom. The molecule has 0 saturated carbocycles. The van der Waals surface area contributed by atoms with Gasteiger partial charge in [0.2, 0.25) is 0 Å². The molecule has 3 amide bonds. The van der Waals surface area contributed by atoms with Gasteiger partial charge < -0.3 is 21.3 Å². The molecule has 1 heterocycles. The van der Waals surface area contributed by atoms with Crippen LogP contribution < -0.4 is 21.3 Å². The lowest BCUT2D eigenvalue weighted by Crippen LogP contribution is -2.31. The standard InChI is InChI=1S/C20H27N5O2/c1-14(2)24-19(26)16-7-8-18(15(3)12-16)25-20(27)23-11-5-10-22-17-6-4-9-21-13-17/h4,6-9,12-14,22H,5,10-11H2,1-3H3,(H,24,26)(H2,23,25,27). The molecule has 27 heavy (non-hydrogen) atoms. The summed E-state index contributed by atoms with van der Waals surface area (Å²) < 4.78 is 0. The summed E-state index contributed by atoms with van der Waals surface area (Å²) >= 11 is 0. The van der Waals surface area contributed by atoms with E-state index in [0.717, 1.165) is 24.2 Å². The average Bonchev–Trinajstić information content (AvgIpc) is 2.63. The van der Waals surface area contributed by atoms with E-state index < -0.39 is 0 Å². The number of nitrogens with zero attached hydrogens (tertiary/aromatic N) is 1. The molecule has 4 N–H and O–H groups in total. The van der Waals surface area contributed by atoms with Gasteiger partial charge in [0.25, 0.3) is 5.91 Å². The first-order chi connectivity index (χ1) is 13.0. The summed E-state index contributed by atoms with van der Waals surface area (Å²) in [4.78, 5) is 28.1. The van der Waals surface area contributed by atoms with Crippen LogP contribution in [0.25, 0.3) is 0 Å². The van der Waals surface area contributed by atoms with E-state index in [1.807, 2.05) is 32.9 Å². The van der Waals surface area contributed by atoms with Gasteiger partial charge in [-0.3, -0.25) is 9.78 Å². The second kappa shape index (κ2) is 10.2. The molecular formula is C20H27N5O2. The third-order valence-corrected chi connectivity index (χ3v) is 3.79. The van der Waals surface area contributed by atoms with Gasteiger partial charge in [-0.15, -0.1) is 0 Å². The van der Waals surface area contributed by atoms with Crippen LogP contribution >= 0.6 is 0 Å². The second-order valence-electron chi connectivity index (χ2n) is 6.56. The molecule has 0 atom stereocenters. The van der Waals surface area contributed by atoms with Gasteiger partial charge in [-0.1, -0.05) is 0 Å². The molecule has 0 radical (unpaired) electrons. The Bertz CT molecular complexity index is 762. The molecule has 144 valence electrons. The Morgan fingerprint density at radius 3 is 2.63 bits per heavy atom. The number of carbonyl (C=O) groups is 2. The predicted octanol–water partition coefficient (Wildman–Crippen LogP) is 3.15. The van der Waals surface area contributed by atoms with E-state index in [4.69, 9.17) is 0 Å². The summed E-state index contributed by atoms with van der Waals surface area (Å²) in [5, 5.41) is 11.7. The van der Waals surface area contributed by atoms with Crippen molar-refractivity contribution in [3.63, 3.8) is 0 Å². The van der Waals surface area contributed by atoms with Crippen LogP contribution in [-0.2, 0) is 0 Å². The molecule has 2 rings (SSSR count). The van der Waals surface area contributed by atoms with Gasteiger partial charge in [0.1, 0.15) is 0 Å². The molecule has 0 aliphatic rings. The van der Waals surface area contributed by atoms with E-state index in [-0.39, 0.29) is 18.0 Å². The fourth-order valence-electron chi connectivity index (χ4n) is 2.45. The fraction of sp³-hybridized carbons (Fsp3) is 0.350. The average molecular weight is 369 g/mol. The van der Waals surface area contributed by atoms with Gasteiger partial charge in [0.05, 0.1) is 5.69 Å². The maximum atomic E-state index is 12.0. The van der Waals surface area contributed by atoms with E-state index in [0.29, 0.717) is 17.8 Å². The van der Waals surface area contributed by atoms with Gasteiger partial charge in [-0.2, -0.15) is 0 Å². The lowest BCUT2D eigenvalue weighted by Gasteiger charge is -2.13. The number of pyridine rings is 1. The first-order valence-corrected chi connectivity index (χ1v) is 9.06. The highest BCUT2D eigenvalue weighted by Gasteiger charge is 2.10. The lowest BCUT2D eigenvalue weighted by molar-refractivity contribution is 0.0943. The van der Waals surface area contributed by atoms with Crippen LogP contribution in [0.3, 0.4) is 0 Å². The molecule has 7 nitrogen and oxygen atoms in total. The largest absolute Gasteiger partial charge is 0.384 e. The number of benzene rings is 1. The number of amides is 3. The zero-order valence-electron chi connectivity index (χ0n) is 16.0. The van der Waals surface area contributed by atoms with Crippen LogP contribution in [0.15, 0.2) is 42.7 Å². The lowest BCUT2D eigenvalue weighted by atomic mass is 10.1. The maximum Gasteiger partial charge on any atom is 0.319 e. The van der Waals surface area contributed by atoms with Crippen molar-refractivity contribution < 1.29 is 9.59 Å². The molecule has 0 saturated heterocycles. The smallest absolute Gasteiger partial charge is 0.319 e. The highest BCUT2D eigenvalue weighted by atomic mass is 16.2. The van der Waals surface area contributed by atoms with E-state index in [1.165, 1.54) is 0 Å². The quantitative estimate of drug-likeness (QED) is 0.538. The monoisotopic (exact) mass is 369 g/mol. The summed E-state index contributed by atoms with van der Waals surface area (Å²) in [6, 6.07) is 8.85. The minimum absolute atomic E-state index is 0.0778. The Labute approximate surface area is 160 Å². The van der Waals surface area contributed by atoms with E-state index in [2.05, 4.69) is 26.3 Å². The minimum atomic E-state index is -0.265. The zero-order chi connectivity index (χ0) is 19.6. The number of aromatic nitrogens is 1. The molecule has 0 bridgehead atoms. The number of urea groups is 1. The molecule has 1 aromatic carbocycles. The number of hydrogen-bond donors (Lipinski definition) is 4. The molecule has 0 aliphatic heterocycles. The predicted molar refractivity (Wildman–Crippen MR) is 108 cm³/mol. The number of anilines is 2. The van der Waals surface area contributed by atoms with Crippen molar-refractivity contribution in [2.45, 2.75) is 33.2 Å². The van der Waals surface area contributed by atoms with Crippen molar-refractivity contribution in [2.24, 2.45) is 0 Å². The maximum absolute atomic E-state index is 12.0. The van der Waals surface area contributed by atoms with Gasteiger partial charge in [-0.05, 0) is 63.1 Å². The van der Waals surface area contributed by atoms with Crippen LogP contribution in [0.1, 0.15) is 36.2 Å². The Morgan fingerprint density at radius 2 is 1.96 bits per heavy atom. The summed E-state index contributed by atoms with van der Waals surface area (Å²) in [5.74, 6) is -0.120. The van der Waals surface area contributed by atoms with Gasteiger partial charge >= 0.3 is 6.03 Å². The fourth-order valence-corrected chi connectivity index (χ4v) is 2.45. The molecule has 0 aliphatic carbocycles. The normalized spacial score (nSPS) is 10.4. The number of nitrogens with one attached hydrogen (secondary N) is 4. The topological polar surface area (TPSA) is 95.2 Å². The summed E-state index contributed by atoms with van der Waals surface area (Å²) in [7, 11) is 0. The Balaban J connectivity index is 1.74. The van der Waals surface area contributed by atoms with Crippen molar-refractivity contribution in [3.8, 4) is 0 Å². The van der Waals surface area contributed by atoms with Crippen molar-refractivity contribution >= 4 is 23.3 Å². The number of carbonyl (C=O) groups excluding carboxylic acids is 2. The Hall–Kier alpha value is -3.09. The van der Waals surface area contributed by atoms with Gasteiger partial charge in [0.15, 0.2) is 0 Å². The Kier molecular flexibility index (Phi) is 7.61. The van der Waals surface area contributed by atoms with E-state index >= 15 is 0 Å². The molecule has 1 aromatic heterocycles. The van der Waals surface area contributed by atoms with Gasteiger partial charge in [-0.25, -0.2) is 4.79 Å². The van der Waals surface area contributed by atoms with Crippen LogP contribution in [0.5, 0.6) is 0 Å². The van der Waals surface area contributed by atoms with E-state index in [1.54, 1.807) is 30.6 Å². The summed E-state index contributed by atoms with van der Waals surface area (Å²) in [6.07, 6.45) is 4.27. The highest BCUT2D eigenvalue weighted by Crippen LogP contribution is 2.16. The minimum Gasteiger partial charge on any atom is -0.384 e. The molecular weight excluding hydrogens is 342 g/mol. The number of aryl methyl sites for hydroxylation is 1. The van der Waals surface area contributed by atoms with Crippen molar-refractivity contribution in [3.05, 3.63) is 53.9 Å². The van der Waals surface area contributed by atoms with Crippen LogP contribution in [0, 0.1) is 6.92 Å². The second-order valence-corrected chi connectivity index (χ2v) is 6.56. The third kappa shape index (κ3) is 6.97. The van der Waals surface area contributed by atoms with Crippen LogP contribution in [0.2, 0.25) is 0 Å². The van der Waals surface area contributed by atoms with Crippen molar-refractivity contribution in [1.82, 2.24) is 15.6 Å². The van der Waals surface area contributed by atoms with E-state index in [9.17, 15) is 9.59 Å². The molecule has 0 unspecified atom stereocenters. The molecule has 0 fully saturated rings. The SMILES string of the molecule is Cc1cc(C(=O)NC(C)C)ccc1NC(=O)NCCCNc1cccnc1. The van der Waals surface area contributed by atoms with Crippen molar-refractivity contribution in [2.75, 3.05) is 23.7 Å². The third-order valence-electron chi connectivity index (χ3n) is 3.79. The molecule has 2 aromatic rings. The first kappa shape index (κ1) is 20.2.